The van der Waals surface area contributed by atoms with Crippen LogP contribution < -0.4 is 20.5 Å². The van der Waals surface area contributed by atoms with Crippen molar-refractivity contribution in [3.05, 3.63) is 41.3 Å². The van der Waals surface area contributed by atoms with Crippen molar-refractivity contribution in [3.8, 4) is 11.5 Å². The molecule has 2 aromatic rings. The van der Waals surface area contributed by atoms with Crippen molar-refractivity contribution in [1.29, 1.82) is 0 Å². The predicted molar refractivity (Wildman–Crippen MR) is 93.8 cm³/mol. The van der Waals surface area contributed by atoms with E-state index < -0.39 is 5.91 Å². The molecule has 6 nitrogen and oxygen atoms in total. The molecule has 128 valence electrons. The van der Waals surface area contributed by atoms with Crippen LogP contribution in [0.3, 0.4) is 0 Å². The van der Waals surface area contributed by atoms with Gasteiger partial charge >= 0.3 is 0 Å². The molecule has 1 aromatic heterocycles. The summed E-state index contributed by atoms with van der Waals surface area (Å²) in [7, 11) is 0. The van der Waals surface area contributed by atoms with Gasteiger partial charge in [-0.25, -0.2) is 0 Å². The van der Waals surface area contributed by atoms with Gasteiger partial charge in [0.1, 0.15) is 16.5 Å². The number of benzene rings is 1. The topological polar surface area (TPSA) is 90.7 Å². The molecule has 1 aromatic carbocycles. The number of hydrogen-bond acceptors (Lipinski definition) is 5. The van der Waals surface area contributed by atoms with Gasteiger partial charge in [-0.05, 0) is 49.1 Å². The minimum absolute atomic E-state index is 0.171. The van der Waals surface area contributed by atoms with Crippen LogP contribution in [0.1, 0.15) is 30.1 Å². The summed E-state index contributed by atoms with van der Waals surface area (Å²) in [5, 5.41) is 4.90. The molecule has 0 aliphatic heterocycles. The fraction of sp³-hybridized carbons (Fsp3) is 0.294. The van der Waals surface area contributed by atoms with Crippen LogP contribution in [0.15, 0.2) is 35.7 Å². The van der Waals surface area contributed by atoms with Gasteiger partial charge in [0.05, 0.1) is 18.8 Å². The van der Waals surface area contributed by atoms with E-state index in [0.717, 1.165) is 11.5 Å². The first-order chi connectivity index (χ1) is 11.6. The molecule has 0 aliphatic rings. The van der Waals surface area contributed by atoms with Gasteiger partial charge < -0.3 is 20.5 Å². The van der Waals surface area contributed by atoms with Crippen LogP contribution in [0, 0.1) is 0 Å². The maximum absolute atomic E-state index is 11.9. The first-order valence-electron chi connectivity index (χ1n) is 7.63. The molecular formula is C17H20N2O4S. The molecule has 0 saturated heterocycles. The first kappa shape index (κ1) is 17.8. The highest BCUT2D eigenvalue weighted by Gasteiger charge is 2.12. The zero-order valence-electron chi connectivity index (χ0n) is 13.4. The van der Waals surface area contributed by atoms with Gasteiger partial charge in [-0.2, -0.15) is 0 Å². The summed E-state index contributed by atoms with van der Waals surface area (Å²) in [5.41, 5.74) is 5.57. The smallest absolute Gasteiger partial charge is 0.251 e. The lowest BCUT2D eigenvalue weighted by Gasteiger charge is -2.08. The number of hydrogen-bond donors (Lipinski definition) is 2. The van der Waals surface area contributed by atoms with Crippen molar-refractivity contribution in [3.63, 3.8) is 0 Å². The lowest BCUT2D eigenvalue weighted by molar-refractivity contribution is -0.116. The predicted octanol–water partition coefficient (Wildman–Crippen LogP) is 3.04. The van der Waals surface area contributed by atoms with Gasteiger partial charge in [-0.1, -0.05) is 0 Å². The summed E-state index contributed by atoms with van der Waals surface area (Å²) < 4.78 is 10.9. The highest BCUT2D eigenvalue weighted by molar-refractivity contribution is 7.14. The zero-order chi connectivity index (χ0) is 17.4. The van der Waals surface area contributed by atoms with Crippen molar-refractivity contribution in [2.75, 3.05) is 18.5 Å². The van der Waals surface area contributed by atoms with Crippen LogP contribution in [-0.2, 0) is 4.79 Å². The van der Waals surface area contributed by atoms with E-state index >= 15 is 0 Å². The number of rotatable bonds is 9. The van der Waals surface area contributed by atoms with E-state index in [2.05, 4.69) is 5.32 Å². The summed E-state index contributed by atoms with van der Waals surface area (Å²) >= 11 is 1.27. The van der Waals surface area contributed by atoms with Crippen molar-refractivity contribution < 1.29 is 19.1 Å². The normalized spacial score (nSPS) is 10.2. The Balaban J connectivity index is 1.71. The summed E-state index contributed by atoms with van der Waals surface area (Å²) in [6.07, 6.45) is 0.865. The second-order valence-electron chi connectivity index (χ2n) is 4.93. The molecule has 7 heteroatoms. The van der Waals surface area contributed by atoms with E-state index in [0.29, 0.717) is 36.6 Å². The number of carbonyl (C=O) groups is 2. The van der Waals surface area contributed by atoms with Gasteiger partial charge in [0, 0.05) is 6.42 Å². The fourth-order valence-corrected chi connectivity index (χ4v) is 2.82. The van der Waals surface area contributed by atoms with Gasteiger partial charge in [-0.15, -0.1) is 11.3 Å². The van der Waals surface area contributed by atoms with Crippen molar-refractivity contribution in [1.82, 2.24) is 0 Å². The Morgan fingerprint density at radius 3 is 2.42 bits per heavy atom. The maximum atomic E-state index is 11.9. The van der Waals surface area contributed by atoms with Gasteiger partial charge in [-0.3, -0.25) is 9.59 Å². The quantitative estimate of drug-likeness (QED) is 0.682. The van der Waals surface area contributed by atoms with Crippen LogP contribution in [0.25, 0.3) is 0 Å². The molecule has 0 radical (unpaired) electrons. The minimum atomic E-state index is -0.551. The van der Waals surface area contributed by atoms with Crippen LogP contribution in [0.2, 0.25) is 0 Å². The van der Waals surface area contributed by atoms with Crippen LogP contribution in [0.4, 0.5) is 5.00 Å². The SMILES string of the molecule is CCOc1ccc(OCCCC(=O)Nc2sccc2C(N)=O)cc1. The molecule has 3 N–H and O–H groups in total. The van der Waals surface area contributed by atoms with Crippen LogP contribution >= 0.6 is 11.3 Å². The lowest BCUT2D eigenvalue weighted by atomic mass is 10.2. The monoisotopic (exact) mass is 348 g/mol. The Kier molecular flexibility index (Phi) is 6.62. The second kappa shape index (κ2) is 8.93. The molecule has 0 spiro atoms. The summed E-state index contributed by atoms with van der Waals surface area (Å²) in [6.45, 7) is 2.98. The average Bonchev–Trinajstić information content (AvgIpc) is 3.02. The van der Waals surface area contributed by atoms with Gasteiger partial charge in [0.25, 0.3) is 5.91 Å². The fourth-order valence-electron chi connectivity index (χ4n) is 2.01. The molecule has 0 aliphatic carbocycles. The van der Waals surface area contributed by atoms with Crippen LogP contribution in [0.5, 0.6) is 11.5 Å². The molecule has 2 rings (SSSR count). The van der Waals surface area contributed by atoms with E-state index in [9.17, 15) is 9.59 Å². The number of nitrogens with two attached hydrogens (primary N) is 1. The molecular weight excluding hydrogens is 328 g/mol. The van der Waals surface area contributed by atoms with E-state index in [4.69, 9.17) is 15.2 Å². The van der Waals surface area contributed by atoms with E-state index in [1.54, 1.807) is 11.4 Å². The molecule has 1 heterocycles. The first-order valence-corrected chi connectivity index (χ1v) is 8.51. The molecule has 2 amide bonds. The Morgan fingerprint density at radius 1 is 1.12 bits per heavy atom. The van der Waals surface area contributed by atoms with Gasteiger partial charge in [0.2, 0.25) is 5.91 Å². The molecule has 0 fully saturated rings. The van der Waals surface area contributed by atoms with E-state index in [1.807, 2.05) is 31.2 Å². The van der Waals surface area contributed by atoms with Crippen LogP contribution in [-0.4, -0.2) is 25.0 Å². The number of anilines is 1. The zero-order valence-corrected chi connectivity index (χ0v) is 14.2. The number of carbonyl (C=O) groups excluding carboxylic acids is 2. The third-order valence-corrected chi connectivity index (χ3v) is 3.97. The lowest BCUT2D eigenvalue weighted by Crippen LogP contribution is -2.16. The second-order valence-corrected chi connectivity index (χ2v) is 5.85. The highest BCUT2D eigenvalue weighted by Crippen LogP contribution is 2.23. The van der Waals surface area contributed by atoms with Crippen molar-refractivity contribution in [2.24, 2.45) is 5.73 Å². The molecule has 24 heavy (non-hydrogen) atoms. The molecule has 0 unspecified atom stereocenters. The molecule has 0 saturated carbocycles. The number of amides is 2. The number of nitrogens with one attached hydrogen (secondary N) is 1. The largest absolute Gasteiger partial charge is 0.494 e. The highest BCUT2D eigenvalue weighted by atomic mass is 32.1. The Labute approximate surface area is 144 Å². The van der Waals surface area contributed by atoms with Gasteiger partial charge in [0.15, 0.2) is 0 Å². The summed E-state index contributed by atoms with van der Waals surface area (Å²) in [5.74, 6) is 0.805. The summed E-state index contributed by atoms with van der Waals surface area (Å²) in [6, 6.07) is 8.94. The van der Waals surface area contributed by atoms with Crippen molar-refractivity contribution in [2.45, 2.75) is 19.8 Å². The Hall–Kier alpha value is -2.54. The summed E-state index contributed by atoms with van der Waals surface area (Å²) in [4.78, 5) is 23.1. The Bertz CT molecular complexity index is 682. The standard InChI is InChI=1S/C17H20N2O4S/c1-2-22-12-5-7-13(8-6-12)23-10-3-4-15(20)19-17-14(16(18)21)9-11-24-17/h5-9,11H,2-4,10H2,1H3,(H2,18,21)(H,19,20). The number of primary amides is 1. The third kappa shape index (κ3) is 5.27. The average molecular weight is 348 g/mol. The third-order valence-electron chi connectivity index (χ3n) is 3.14. The van der Waals surface area contributed by atoms with E-state index in [-0.39, 0.29) is 5.91 Å². The van der Waals surface area contributed by atoms with Crippen molar-refractivity contribution >= 4 is 28.2 Å². The Morgan fingerprint density at radius 2 is 1.79 bits per heavy atom. The maximum Gasteiger partial charge on any atom is 0.251 e. The number of thiophene rings is 1. The van der Waals surface area contributed by atoms with E-state index in [1.165, 1.54) is 11.3 Å². The molecule has 0 atom stereocenters. The number of ether oxygens (including phenoxy) is 2. The molecule has 0 bridgehead atoms. The minimum Gasteiger partial charge on any atom is -0.494 e.